The summed E-state index contributed by atoms with van der Waals surface area (Å²) in [5, 5.41) is 4.39. The number of alkyl halides is 3. The molecule has 0 saturated heterocycles. The molecule has 0 aromatic heterocycles. The molecular formula is C20H16Cl2F3NOS. The number of halogens is 5. The smallest absolute Gasteiger partial charge is 0.355 e. The number of nitrogens with one attached hydrogen (secondary N) is 1. The largest absolute Gasteiger partial charge is 0.407 e. The van der Waals surface area contributed by atoms with Gasteiger partial charge in [-0.25, -0.2) is 0 Å². The predicted octanol–water partition coefficient (Wildman–Crippen LogP) is 6.60. The van der Waals surface area contributed by atoms with Crippen molar-refractivity contribution in [2.24, 2.45) is 0 Å². The number of allylic oxidation sites excluding steroid dienone is 1. The van der Waals surface area contributed by atoms with Gasteiger partial charge < -0.3 is 5.32 Å². The van der Waals surface area contributed by atoms with E-state index in [0.29, 0.717) is 34.0 Å². The van der Waals surface area contributed by atoms with Crippen molar-refractivity contribution in [2.75, 3.05) is 7.05 Å². The quantitative estimate of drug-likeness (QED) is 0.576. The first-order valence-electron chi connectivity index (χ1n) is 8.30. The fourth-order valence-electron chi connectivity index (χ4n) is 3.23. The average molecular weight is 446 g/mol. The van der Waals surface area contributed by atoms with Crippen LogP contribution < -0.4 is 5.32 Å². The molecule has 0 radical (unpaired) electrons. The van der Waals surface area contributed by atoms with Crippen LogP contribution in [0.5, 0.6) is 0 Å². The summed E-state index contributed by atoms with van der Waals surface area (Å²) in [4.78, 5) is 11.8. The first-order valence-corrected chi connectivity index (χ1v) is 9.94. The highest BCUT2D eigenvalue weighted by Gasteiger charge is 2.58. The zero-order chi connectivity index (χ0) is 20.7. The van der Waals surface area contributed by atoms with Gasteiger partial charge in [-0.3, -0.25) is 4.79 Å². The van der Waals surface area contributed by atoms with Gasteiger partial charge in [-0.15, -0.1) is 11.8 Å². The Morgan fingerprint density at radius 2 is 1.79 bits per heavy atom. The number of amides is 1. The highest BCUT2D eigenvalue weighted by Crippen LogP contribution is 2.60. The molecule has 28 heavy (non-hydrogen) atoms. The third kappa shape index (κ3) is 3.78. The predicted molar refractivity (Wildman–Crippen MR) is 109 cm³/mol. The Labute approximate surface area is 175 Å². The minimum Gasteiger partial charge on any atom is -0.355 e. The van der Waals surface area contributed by atoms with E-state index in [1.165, 1.54) is 30.7 Å². The van der Waals surface area contributed by atoms with Crippen molar-refractivity contribution in [1.29, 1.82) is 0 Å². The van der Waals surface area contributed by atoms with Crippen molar-refractivity contribution in [2.45, 2.75) is 24.3 Å². The van der Waals surface area contributed by atoms with Crippen LogP contribution in [0.1, 0.15) is 33.5 Å². The highest BCUT2D eigenvalue weighted by molar-refractivity contribution is 8.03. The Hall–Kier alpha value is -1.63. The lowest BCUT2D eigenvalue weighted by Crippen LogP contribution is -2.37. The van der Waals surface area contributed by atoms with Crippen LogP contribution in [0.2, 0.25) is 10.0 Å². The Kier molecular flexibility index (Phi) is 5.76. The number of carbonyl (C=O) groups excluding carboxylic acids is 1. The molecule has 1 heterocycles. The molecule has 0 spiro atoms. The molecule has 0 aliphatic carbocycles. The molecule has 2 aromatic rings. The summed E-state index contributed by atoms with van der Waals surface area (Å²) in [5.74, 6) is -0.239. The number of thioether (sulfide) groups is 1. The second-order valence-corrected chi connectivity index (χ2v) is 8.57. The van der Waals surface area contributed by atoms with E-state index >= 15 is 0 Å². The van der Waals surface area contributed by atoms with E-state index in [9.17, 15) is 18.0 Å². The molecule has 0 saturated carbocycles. The van der Waals surface area contributed by atoms with Crippen LogP contribution in [0.3, 0.4) is 0 Å². The van der Waals surface area contributed by atoms with Crippen molar-refractivity contribution < 1.29 is 18.0 Å². The second-order valence-electron chi connectivity index (χ2n) is 6.53. The van der Waals surface area contributed by atoms with Gasteiger partial charge >= 0.3 is 6.18 Å². The maximum absolute atomic E-state index is 14.2. The number of benzene rings is 2. The standard InChI is InChI=1S/C20H16Cl2F3NOS/c1-11-5-12(3-4-17(11)18(27)26-2)13-9-19(28-10-13,20(23,24)25)14-6-15(21)8-16(22)7-14/h3-8,10H,9H2,1-2H3,(H,26,27). The Balaban J connectivity index is 2.00. The summed E-state index contributed by atoms with van der Waals surface area (Å²) in [6.07, 6.45) is -4.77. The molecule has 1 aliphatic rings. The van der Waals surface area contributed by atoms with Crippen molar-refractivity contribution in [3.63, 3.8) is 0 Å². The van der Waals surface area contributed by atoms with Gasteiger partial charge in [-0.2, -0.15) is 13.2 Å². The molecule has 0 bridgehead atoms. The van der Waals surface area contributed by atoms with Gasteiger partial charge in [0, 0.05) is 29.1 Å². The van der Waals surface area contributed by atoms with E-state index in [0.717, 1.165) is 0 Å². The van der Waals surface area contributed by atoms with Gasteiger partial charge in [0.05, 0.1) is 0 Å². The Morgan fingerprint density at radius 1 is 1.14 bits per heavy atom. The summed E-state index contributed by atoms with van der Waals surface area (Å²) in [5.41, 5.74) is 2.40. The van der Waals surface area contributed by atoms with Crippen LogP contribution in [0.4, 0.5) is 13.2 Å². The van der Waals surface area contributed by atoms with Gasteiger partial charge in [-0.1, -0.05) is 35.3 Å². The molecule has 1 aliphatic heterocycles. The topological polar surface area (TPSA) is 29.1 Å². The molecule has 2 aromatic carbocycles. The minimum absolute atomic E-state index is 0.0208. The molecule has 1 unspecified atom stereocenters. The summed E-state index contributed by atoms with van der Waals surface area (Å²) < 4.78 is 40.3. The summed E-state index contributed by atoms with van der Waals surface area (Å²) in [6, 6.07) is 9.05. The lowest BCUT2D eigenvalue weighted by atomic mass is 9.87. The molecule has 1 N–H and O–H groups in total. The Bertz CT molecular complexity index is 954. The highest BCUT2D eigenvalue weighted by atomic mass is 35.5. The molecule has 1 amide bonds. The normalized spacial score (nSPS) is 19.5. The van der Waals surface area contributed by atoms with Crippen LogP contribution in [-0.4, -0.2) is 19.1 Å². The Morgan fingerprint density at radius 3 is 2.32 bits per heavy atom. The van der Waals surface area contributed by atoms with Crippen molar-refractivity contribution >= 4 is 46.4 Å². The van der Waals surface area contributed by atoms with Gasteiger partial charge in [0.15, 0.2) is 0 Å². The third-order valence-electron chi connectivity index (χ3n) is 4.70. The van der Waals surface area contributed by atoms with Crippen LogP contribution >= 0.6 is 35.0 Å². The minimum atomic E-state index is -4.51. The number of hydrogen-bond acceptors (Lipinski definition) is 2. The average Bonchev–Trinajstić information content (AvgIpc) is 3.07. The zero-order valence-electron chi connectivity index (χ0n) is 15.0. The molecule has 1 atom stereocenters. The van der Waals surface area contributed by atoms with E-state index in [2.05, 4.69) is 5.32 Å². The van der Waals surface area contributed by atoms with Crippen LogP contribution in [0.25, 0.3) is 5.57 Å². The number of rotatable bonds is 3. The van der Waals surface area contributed by atoms with Gasteiger partial charge in [0.25, 0.3) is 5.91 Å². The molecule has 148 valence electrons. The first kappa shape index (κ1) is 21.1. The molecule has 3 rings (SSSR count). The molecular weight excluding hydrogens is 430 g/mol. The third-order valence-corrected chi connectivity index (χ3v) is 6.55. The van der Waals surface area contributed by atoms with E-state index < -0.39 is 10.9 Å². The van der Waals surface area contributed by atoms with Gasteiger partial charge in [-0.05, 0) is 58.9 Å². The fraction of sp³-hybridized carbons (Fsp3) is 0.250. The molecule has 2 nitrogen and oxygen atoms in total. The summed E-state index contributed by atoms with van der Waals surface area (Å²) in [7, 11) is 1.53. The fourth-order valence-corrected chi connectivity index (χ4v) is 4.95. The molecule has 8 heteroatoms. The van der Waals surface area contributed by atoms with E-state index in [4.69, 9.17) is 23.2 Å². The summed E-state index contributed by atoms with van der Waals surface area (Å²) >= 11 is 12.6. The van der Waals surface area contributed by atoms with Crippen LogP contribution in [0, 0.1) is 6.92 Å². The SMILES string of the molecule is CNC(=O)c1ccc(C2=CSC(c3cc(Cl)cc(Cl)c3)(C(F)(F)F)C2)cc1C. The first-order chi connectivity index (χ1) is 13.1. The second kappa shape index (κ2) is 7.65. The maximum Gasteiger partial charge on any atom is 0.407 e. The number of carbonyl (C=O) groups is 1. The van der Waals surface area contributed by atoms with Crippen molar-refractivity contribution in [3.8, 4) is 0 Å². The van der Waals surface area contributed by atoms with Gasteiger partial charge in [0.2, 0.25) is 0 Å². The number of hydrogen-bond donors (Lipinski definition) is 1. The summed E-state index contributed by atoms with van der Waals surface area (Å²) in [6.45, 7) is 1.75. The van der Waals surface area contributed by atoms with E-state index in [1.54, 1.807) is 25.1 Å². The monoisotopic (exact) mass is 445 g/mol. The lowest BCUT2D eigenvalue weighted by Gasteiger charge is -2.32. The van der Waals surface area contributed by atoms with Gasteiger partial charge in [0.1, 0.15) is 4.75 Å². The van der Waals surface area contributed by atoms with Crippen molar-refractivity contribution in [3.05, 3.63) is 74.1 Å². The van der Waals surface area contributed by atoms with E-state index in [-0.39, 0.29) is 27.9 Å². The van der Waals surface area contributed by atoms with Crippen LogP contribution in [-0.2, 0) is 4.75 Å². The zero-order valence-corrected chi connectivity index (χ0v) is 17.3. The number of aryl methyl sites for hydroxylation is 1. The molecule has 0 fully saturated rings. The van der Waals surface area contributed by atoms with Crippen LogP contribution in [0.15, 0.2) is 41.8 Å². The maximum atomic E-state index is 14.2. The van der Waals surface area contributed by atoms with E-state index in [1.807, 2.05) is 0 Å². The lowest BCUT2D eigenvalue weighted by molar-refractivity contribution is -0.160. The van der Waals surface area contributed by atoms with Crippen molar-refractivity contribution in [1.82, 2.24) is 5.32 Å².